The Labute approximate surface area is 205 Å². The van der Waals surface area contributed by atoms with Gasteiger partial charge in [0.25, 0.3) is 0 Å². The summed E-state index contributed by atoms with van der Waals surface area (Å²) in [5.74, 6) is -1.16. The van der Waals surface area contributed by atoms with E-state index in [4.69, 9.17) is 9.47 Å². The molecule has 0 aromatic heterocycles. The molecular weight excluding hydrogens is 446 g/mol. The second-order valence-electron chi connectivity index (χ2n) is 10.5. The van der Waals surface area contributed by atoms with Gasteiger partial charge in [-0.05, 0) is 56.9 Å². The topological polar surface area (TPSA) is 97.0 Å². The fourth-order valence-corrected chi connectivity index (χ4v) is 6.51. The first-order valence-corrected chi connectivity index (χ1v) is 13.1. The van der Waals surface area contributed by atoms with Gasteiger partial charge in [-0.25, -0.2) is 0 Å². The van der Waals surface area contributed by atoms with E-state index in [-0.39, 0.29) is 29.8 Å². The van der Waals surface area contributed by atoms with Gasteiger partial charge in [-0.1, -0.05) is 31.4 Å². The molecule has 5 aliphatic rings. The molecule has 186 valence electrons. The van der Waals surface area contributed by atoms with Crippen LogP contribution in [-0.4, -0.2) is 59.1 Å². The molecule has 2 saturated carbocycles. The van der Waals surface area contributed by atoms with Crippen LogP contribution < -0.4 is 15.4 Å². The Morgan fingerprint density at radius 1 is 1.09 bits per heavy atom. The van der Waals surface area contributed by atoms with Gasteiger partial charge in [0.05, 0.1) is 24.5 Å². The fourth-order valence-electron chi connectivity index (χ4n) is 6.51. The van der Waals surface area contributed by atoms with E-state index in [1.54, 1.807) is 29.2 Å². The minimum absolute atomic E-state index is 0.0513. The second-order valence-corrected chi connectivity index (χ2v) is 10.5. The largest absolute Gasteiger partial charge is 0.494 e. The molecule has 5 atom stereocenters. The van der Waals surface area contributed by atoms with Crippen molar-refractivity contribution in [3.8, 4) is 5.75 Å². The van der Waals surface area contributed by atoms with E-state index in [1.807, 2.05) is 19.1 Å². The van der Waals surface area contributed by atoms with Crippen molar-refractivity contribution in [1.82, 2.24) is 10.2 Å². The molecule has 2 saturated heterocycles. The summed E-state index contributed by atoms with van der Waals surface area (Å²) in [5, 5.41) is 6.18. The van der Waals surface area contributed by atoms with E-state index >= 15 is 0 Å². The van der Waals surface area contributed by atoms with Crippen molar-refractivity contribution in [3.63, 3.8) is 0 Å². The molecule has 4 fully saturated rings. The van der Waals surface area contributed by atoms with Crippen LogP contribution in [-0.2, 0) is 19.1 Å². The summed E-state index contributed by atoms with van der Waals surface area (Å²) in [4.78, 5) is 42.6. The third-order valence-electron chi connectivity index (χ3n) is 8.19. The Bertz CT molecular complexity index is 1050. The summed E-state index contributed by atoms with van der Waals surface area (Å²) in [7, 11) is 0. The summed E-state index contributed by atoms with van der Waals surface area (Å²) >= 11 is 0. The number of rotatable bonds is 7. The number of carbonyl (C=O) groups excluding carboxylic acids is 3. The van der Waals surface area contributed by atoms with Gasteiger partial charge in [0.2, 0.25) is 17.7 Å². The lowest BCUT2D eigenvalue weighted by molar-refractivity contribution is -0.142. The monoisotopic (exact) mass is 479 g/mol. The SMILES string of the molecule is CCOc1ccc(NC(=O)C2[C@@H]3C=CC4(O3)C(C(=O)NC3CCCCC3)N(C3CC3)C(=O)[C@H]24)cc1. The second kappa shape index (κ2) is 8.66. The van der Waals surface area contributed by atoms with Crippen molar-refractivity contribution in [2.45, 2.75) is 81.7 Å². The standard InChI is InChI=1S/C27H33N3O5/c1-2-34-19-12-8-17(9-13-19)28-24(31)21-20-14-15-27(35-20)22(21)26(33)30(18-10-11-18)23(27)25(32)29-16-6-4-3-5-7-16/h8-9,12-16,18,20-23H,2-7,10-11H2,1H3,(H,28,31)(H,29,32)/t20-,21?,22-,23?,27?/m0/s1. The van der Waals surface area contributed by atoms with E-state index in [9.17, 15) is 14.4 Å². The molecule has 3 aliphatic heterocycles. The lowest BCUT2D eigenvalue weighted by atomic mass is 9.74. The summed E-state index contributed by atoms with van der Waals surface area (Å²) in [6.45, 7) is 2.48. The van der Waals surface area contributed by atoms with Crippen molar-refractivity contribution in [2.75, 3.05) is 11.9 Å². The maximum atomic E-state index is 13.8. The highest BCUT2D eigenvalue weighted by molar-refractivity contribution is 6.03. The Morgan fingerprint density at radius 2 is 1.83 bits per heavy atom. The highest BCUT2D eigenvalue weighted by Crippen LogP contribution is 2.57. The van der Waals surface area contributed by atoms with Crippen LogP contribution in [0, 0.1) is 11.8 Å². The van der Waals surface area contributed by atoms with Gasteiger partial charge in [-0.2, -0.15) is 0 Å². The maximum absolute atomic E-state index is 13.8. The van der Waals surface area contributed by atoms with Crippen molar-refractivity contribution in [2.24, 2.45) is 11.8 Å². The smallest absolute Gasteiger partial charge is 0.246 e. The summed E-state index contributed by atoms with van der Waals surface area (Å²) in [5.41, 5.74) is -0.445. The Morgan fingerprint density at radius 3 is 2.51 bits per heavy atom. The zero-order valence-electron chi connectivity index (χ0n) is 20.1. The zero-order chi connectivity index (χ0) is 24.2. The van der Waals surface area contributed by atoms with Crippen LogP contribution in [0.5, 0.6) is 5.75 Å². The molecule has 3 unspecified atom stereocenters. The van der Waals surface area contributed by atoms with Crippen LogP contribution >= 0.6 is 0 Å². The molecule has 2 aliphatic carbocycles. The minimum atomic E-state index is -1.08. The van der Waals surface area contributed by atoms with Gasteiger partial charge in [0.15, 0.2) is 0 Å². The molecule has 1 aromatic carbocycles. The molecule has 0 radical (unpaired) electrons. The molecule has 35 heavy (non-hydrogen) atoms. The number of nitrogens with one attached hydrogen (secondary N) is 2. The lowest BCUT2D eigenvalue weighted by Gasteiger charge is -2.34. The number of hydrogen-bond donors (Lipinski definition) is 2. The van der Waals surface area contributed by atoms with Gasteiger partial charge < -0.3 is 25.0 Å². The molecule has 8 heteroatoms. The molecule has 2 bridgehead atoms. The van der Waals surface area contributed by atoms with Crippen LogP contribution in [0.15, 0.2) is 36.4 Å². The van der Waals surface area contributed by atoms with Crippen LogP contribution in [0.2, 0.25) is 0 Å². The quantitative estimate of drug-likeness (QED) is 0.587. The Balaban J connectivity index is 1.25. The summed E-state index contributed by atoms with van der Waals surface area (Å²) < 4.78 is 11.9. The van der Waals surface area contributed by atoms with Gasteiger partial charge in [-0.15, -0.1) is 0 Å². The molecule has 1 aromatic rings. The molecule has 8 nitrogen and oxygen atoms in total. The van der Waals surface area contributed by atoms with Gasteiger partial charge >= 0.3 is 0 Å². The van der Waals surface area contributed by atoms with Crippen molar-refractivity contribution < 1.29 is 23.9 Å². The first kappa shape index (κ1) is 22.6. The molecular formula is C27H33N3O5. The number of fused-ring (bicyclic) bond motifs is 1. The Hall–Kier alpha value is -2.87. The van der Waals surface area contributed by atoms with Crippen LogP contribution in [0.4, 0.5) is 5.69 Å². The summed E-state index contributed by atoms with van der Waals surface area (Å²) in [6.07, 6.45) is 10.4. The number of benzene rings is 1. The highest BCUT2D eigenvalue weighted by Gasteiger charge is 2.74. The van der Waals surface area contributed by atoms with Gasteiger partial charge in [-0.3, -0.25) is 14.4 Å². The van der Waals surface area contributed by atoms with E-state index in [0.717, 1.165) is 44.3 Å². The van der Waals surface area contributed by atoms with Crippen LogP contribution in [0.1, 0.15) is 51.9 Å². The maximum Gasteiger partial charge on any atom is 0.246 e. The molecule has 1 spiro atoms. The number of carbonyl (C=O) groups is 3. The van der Waals surface area contributed by atoms with E-state index in [1.165, 1.54) is 6.42 Å². The zero-order valence-corrected chi connectivity index (χ0v) is 20.1. The molecule has 6 rings (SSSR count). The lowest BCUT2D eigenvalue weighted by Crippen LogP contribution is -2.57. The van der Waals surface area contributed by atoms with Gasteiger partial charge in [0.1, 0.15) is 17.4 Å². The third kappa shape index (κ3) is 3.73. The van der Waals surface area contributed by atoms with E-state index in [2.05, 4.69) is 10.6 Å². The molecule has 3 heterocycles. The number of anilines is 1. The molecule has 2 N–H and O–H groups in total. The van der Waals surface area contributed by atoms with Gasteiger partial charge in [0, 0.05) is 17.8 Å². The predicted octanol–water partition coefficient (Wildman–Crippen LogP) is 2.79. The first-order valence-electron chi connectivity index (χ1n) is 13.1. The van der Waals surface area contributed by atoms with Crippen LogP contribution in [0.3, 0.4) is 0 Å². The third-order valence-corrected chi connectivity index (χ3v) is 8.19. The van der Waals surface area contributed by atoms with Crippen molar-refractivity contribution in [1.29, 1.82) is 0 Å². The normalized spacial score (nSPS) is 33.6. The van der Waals surface area contributed by atoms with Crippen LogP contribution in [0.25, 0.3) is 0 Å². The average molecular weight is 480 g/mol. The number of amides is 3. The van der Waals surface area contributed by atoms with E-state index in [0.29, 0.717) is 12.3 Å². The number of hydrogen-bond acceptors (Lipinski definition) is 5. The average Bonchev–Trinajstić information content (AvgIpc) is 3.45. The Kier molecular flexibility index (Phi) is 5.59. The number of likely N-dealkylation sites (tertiary alicyclic amines) is 1. The van der Waals surface area contributed by atoms with Crippen molar-refractivity contribution >= 4 is 23.4 Å². The summed E-state index contributed by atoms with van der Waals surface area (Å²) in [6, 6.07) is 6.66. The molecule has 3 amide bonds. The van der Waals surface area contributed by atoms with Crippen molar-refractivity contribution in [3.05, 3.63) is 36.4 Å². The highest BCUT2D eigenvalue weighted by atomic mass is 16.5. The minimum Gasteiger partial charge on any atom is -0.494 e. The number of nitrogens with zero attached hydrogens (tertiary/aromatic N) is 1. The predicted molar refractivity (Wildman–Crippen MR) is 129 cm³/mol. The number of ether oxygens (including phenoxy) is 2. The fraction of sp³-hybridized carbons (Fsp3) is 0.593. The van der Waals surface area contributed by atoms with E-state index < -0.39 is 29.6 Å². The first-order chi connectivity index (χ1) is 17.0.